The Labute approximate surface area is 82.4 Å². The van der Waals surface area contributed by atoms with Crippen LogP contribution in [0.3, 0.4) is 0 Å². The number of hydrogen-bond acceptors (Lipinski definition) is 0. The molecule has 0 aliphatic heterocycles. The zero-order chi connectivity index (χ0) is 7.00. The van der Waals surface area contributed by atoms with Crippen LogP contribution < -0.4 is 0 Å². The summed E-state index contributed by atoms with van der Waals surface area (Å²) in [7, 11) is 0. The van der Waals surface area contributed by atoms with Crippen molar-refractivity contribution in [3.05, 3.63) is 0 Å². The first-order valence-corrected chi connectivity index (χ1v) is 3.65. The van der Waals surface area contributed by atoms with Crippen LogP contribution in [0, 0.1) is 0 Å². The fourth-order valence-corrected chi connectivity index (χ4v) is 0. The van der Waals surface area contributed by atoms with Gasteiger partial charge in [-0.3, -0.25) is 0 Å². The molecule has 0 heterocycles. The molecule has 0 aliphatic carbocycles. The van der Waals surface area contributed by atoms with E-state index in [1.807, 2.05) is 0 Å². The van der Waals surface area contributed by atoms with Gasteiger partial charge in [-0.1, -0.05) is 69.6 Å². The number of rotatable bonds is 0. The third-order valence-electron chi connectivity index (χ3n) is 0.321. The van der Waals surface area contributed by atoms with Gasteiger partial charge in [0.25, 0.3) is 0 Å². The Balaban J connectivity index is 0. The Morgan fingerprint density at radius 2 is 0.667 bits per heavy atom. The normalized spacial score (nSPS) is 12.7. The highest BCUT2D eigenvalue weighted by molar-refractivity contribution is 6.83. The molecule has 0 aromatic rings. The molecule has 0 atom stereocenters. The van der Waals surface area contributed by atoms with E-state index in [0.29, 0.717) is 0 Å². The molecule has 7 heteroatoms. The highest BCUT2D eigenvalue weighted by Crippen LogP contribution is 2.48. The Kier molecular flexibility index (Phi) is 5.78. The van der Waals surface area contributed by atoms with Crippen LogP contribution in [0.4, 0.5) is 0 Å². The summed E-state index contributed by atoms with van der Waals surface area (Å²) in [5.74, 6) is 0. The molecular formula is C2H2Cl6O. The maximum atomic E-state index is 5.14. The van der Waals surface area contributed by atoms with Crippen molar-refractivity contribution in [3.63, 3.8) is 0 Å². The van der Waals surface area contributed by atoms with Gasteiger partial charge < -0.3 is 5.48 Å². The standard InChI is InChI=1S/C2Cl6.H2O/c3-1(4,5)2(6,7)8;/h;1H2. The molecule has 0 radical (unpaired) electrons. The maximum Gasteiger partial charge on any atom is 0.236 e. The lowest BCUT2D eigenvalue weighted by molar-refractivity contribution is 0.824. The Morgan fingerprint density at radius 3 is 0.667 bits per heavy atom. The Bertz CT molecular complexity index is 66.0. The third-order valence-corrected chi connectivity index (χ3v) is 2.89. The molecule has 0 saturated heterocycles. The molecule has 0 rings (SSSR count). The highest BCUT2D eigenvalue weighted by Gasteiger charge is 2.43. The van der Waals surface area contributed by atoms with Crippen molar-refractivity contribution in [1.29, 1.82) is 0 Å². The topological polar surface area (TPSA) is 31.5 Å². The van der Waals surface area contributed by atoms with Gasteiger partial charge in [0.05, 0.1) is 0 Å². The zero-order valence-corrected chi connectivity index (χ0v) is 8.30. The van der Waals surface area contributed by atoms with Crippen molar-refractivity contribution in [2.75, 3.05) is 0 Å². The van der Waals surface area contributed by atoms with E-state index in [2.05, 4.69) is 0 Å². The first-order chi connectivity index (χ1) is 3.25. The second-order valence-electron chi connectivity index (χ2n) is 0.996. The van der Waals surface area contributed by atoms with Crippen molar-refractivity contribution in [1.82, 2.24) is 0 Å². The van der Waals surface area contributed by atoms with Crippen LogP contribution in [0.1, 0.15) is 0 Å². The molecule has 0 saturated carbocycles. The molecule has 0 bridgehead atoms. The van der Waals surface area contributed by atoms with Gasteiger partial charge in [0.1, 0.15) is 0 Å². The van der Waals surface area contributed by atoms with E-state index >= 15 is 0 Å². The number of alkyl halides is 6. The summed E-state index contributed by atoms with van der Waals surface area (Å²) in [5.41, 5.74) is 0. The lowest BCUT2D eigenvalue weighted by Gasteiger charge is -2.19. The van der Waals surface area contributed by atoms with Crippen LogP contribution in [0.25, 0.3) is 0 Å². The van der Waals surface area contributed by atoms with E-state index in [4.69, 9.17) is 69.6 Å². The van der Waals surface area contributed by atoms with E-state index in [1.54, 1.807) is 0 Å². The summed E-state index contributed by atoms with van der Waals surface area (Å²) in [5, 5.41) is 0. The Morgan fingerprint density at radius 1 is 0.556 bits per heavy atom. The van der Waals surface area contributed by atoms with Crippen LogP contribution in [-0.4, -0.2) is 13.1 Å². The minimum absolute atomic E-state index is 0. The van der Waals surface area contributed by atoms with Gasteiger partial charge in [0.2, 0.25) is 7.59 Å². The van der Waals surface area contributed by atoms with Crippen molar-refractivity contribution in [2.24, 2.45) is 0 Å². The molecule has 1 nitrogen and oxygen atoms in total. The summed E-state index contributed by atoms with van der Waals surface area (Å²) in [6, 6.07) is 0. The average Bonchev–Trinajstić information content (AvgIpc) is 1.25. The van der Waals surface area contributed by atoms with Crippen molar-refractivity contribution < 1.29 is 5.48 Å². The molecule has 9 heavy (non-hydrogen) atoms. The van der Waals surface area contributed by atoms with Gasteiger partial charge in [-0.25, -0.2) is 0 Å². The molecule has 58 valence electrons. The van der Waals surface area contributed by atoms with Gasteiger partial charge >= 0.3 is 0 Å². The number of halogens is 6. The number of hydrogen-bond donors (Lipinski definition) is 0. The van der Waals surface area contributed by atoms with Crippen LogP contribution in [0.15, 0.2) is 0 Å². The van der Waals surface area contributed by atoms with Crippen LogP contribution >= 0.6 is 69.6 Å². The van der Waals surface area contributed by atoms with Gasteiger partial charge in [-0.15, -0.1) is 0 Å². The van der Waals surface area contributed by atoms with Gasteiger partial charge in [-0.2, -0.15) is 0 Å². The quantitative estimate of drug-likeness (QED) is 0.596. The van der Waals surface area contributed by atoms with Crippen molar-refractivity contribution in [2.45, 2.75) is 7.59 Å². The molecule has 0 aliphatic rings. The van der Waals surface area contributed by atoms with Crippen LogP contribution in [0.5, 0.6) is 0 Å². The summed E-state index contributed by atoms with van der Waals surface area (Å²) in [4.78, 5) is 0. The average molecular weight is 255 g/mol. The van der Waals surface area contributed by atoms with Crippen molar-refractivity contribution >= 4 is 69.6 Å². The van der Waals surface area contributed by atoms with Gasteiger partial charge in [-0.05, 0) is 0 Å². The van der Waals surface area contributed by atoms with E-state index < -0.39 is 7.59 Å². The molecule has 2 N–H and O–H groups in total. The summed E-state index contributed by atoms with van der Waals surface area (Å²) in [6.45, 7) is 0. The Hall–Kier alpha value is 1.70. The lowest BCUT2D eigenvalue weighted by atomic mass is 10.9. The van der Waals surface area contributed by atoms with E-state index in [0.717, 1.165) is 0 Å². The summed E-state index contributed by atoms with van der Waals surface area (Å²) in [6.07, 6.45) is 0. The fourth-order valence-electron chi connectivity index (χ4n) is 0. The first kappa shape index (κ1) is 13.3. The predicted molar refractivity (Wildman–Crippen MR) is 44.2 cm³/mol. The lowest BCUT2D eigenvalue weighted by Crippen LogP contribution is -2.23. The fraction of sp³-hybridized carbons (Fsp3) is 1.00. The second-order valence-corrected chi connectivity index (χ2v) is 5.56. The monoisotopic (exact) mass is 252 g/mol. The minimum Gasteiger partial charge on any atom is -0.412 e. The maximum absolute atomic E-state index is 5.14. The molecule has 0 amide bonds. The minimum atomic E-state index is -1.85. The molecule has 0 spiro atoms. The molecule has 0 fully saturated rings. The second kappa shape index (κ2) is 3.91. The molecule has 0 unspecified atom stereocenters. The summed E-state index contributed by atoms with van der Waals surface area (Å²) < 4.78 is -3.70. The predicted octanol–water partition coefficient (Wildman–Crippen LogP) is 2.90. The molecule has 0 aromatic heterocycles. The van der Waals surface area contributed by atoms with E-state index in [9.17, 15) is 0 Å². The van der Waals surface area contributed by atoms with Crippen molar-refractivity contribution in [3.8, 4) is 0 Å². The first-order valence-electron chi connectivity index (χ1n) is 1.38. The SMILES string of the molecule is ClC(Cl)(Cl)C(Cl)(Cl)Cl.O. The molecular weight excluding hydrogens is 253 g/mol. The molecule has 0 aromatic carbocycles. The summed E-state index contributed by atoms with van der Waals surface area (Å²) >= 11 is 30.9. The highest BCUT2D eigenvalue weighted by atomic mass is 35.6. The smallest absolute Gasteiger partial charge is 0.236 e. The third kappa shape index (κ3) is 5.02. The van der Waals surface area contributed by atoms with E-state index in [1.165, 1.54) is 0 Å². The largest absolute Gasteiger partial charge is 0.412 e. The van der Waals surface area contributed by atoms with Crippen LogP contribution in [-0.2, 0) is 0 Å². The van der Waals surface area contributed by atoms with Gasteiger partial charge in [0, 0.05) is 0 Å². The van der Waals surface area contributed by atoms with Crippen LogP contribution in [0.2, 0.25) is 0 Å². The van der Waals surface area contributed by atoms with E-state index in [-0.39, 0.29) is 5.48 Å². The zero-order valence-electron chi connectivity index (χ0n) is 3.77. The van der Waals surface area contributed by atoms with Gasteiger partial charge in [0.15, 0.2) is 0 Å².